The topological polar surface area (TPSA) is 73.2 Å². The van der Waals surface area contributed by atoms with Gasteiger partial charge in [0.15, 0.2) is 5.82 Å². The summed E-state index contributed by atoms with van der Waals surface area (Å²) in [7, 11) is 1.44. The van der Waals surface area contributed by atoms with Gasteiger partial charge in [-0.25, -0.2) is 4.98 Å². The van der Waals surface area contributed by atoms with E-state index in [0.717, 1.165) is 38.5 Å². The standard InChI is InChI=1S/C17H22BrN3O3/c1-24-17(23)13-9-2-4-10(5-3-9)14(13)20-15-16(22)21(11-6-7-11)8-12(18)19-15/h8-11,13-14H,2-7H2,1H3,(H,19,20)/t9?,10?,13-,14-/m0/s1. The van der Waals surface area contributed by atoms with Gasteiger partial charge >= 0.3 is 5.97 Å². The zero-order chi connectivity index (χ0) is 16.8. The van der Waals surface area contributed by atoms with Gasteiger partial charge in [0.05, 0.1) is 13.0 Å². The van der Waals surface area contributed by atoms with E-state index in [1.165, 1.54) is 7.11 Å². The molecule has 0 radical (unpaired) electrons. The minimum absolute atomic E-state index is 0.0629. The SMILES string of the molecule is COC(=O)[C@H]1C2CCC(CC2)[C@@H]1Nc1nc(Br)cn(C2CC2)c1=O. The van der Waals surface area contributed by atoms with E-state index in [2.05, 4.69) is 26.2 Å². The summed E-state index contributed by atoms with van der Waals surface area (Å²) in [5.41, 5.74) is -0.0919. The van der Waals surface area contributed by atoms with Gasteiger partial charge < -0.3 is 14.6 Å². The number of methoxy groups -OCH3 is 1. The second-order valence-corrected chi connectivity index (χ2v) is 8.06. The number of nitrogens with one attached hydrogen (secondary N) is 1. The zero-order valence-electron chi connectivity index (χ0n) is 13.7. The molecule has 0 saturated heterocycles. The zero-order valence-corrected chi connectivity index (χ0v) is 15.3. The van der Waals surface area contributed by atoms with Gasteiger partial charge in [0.1, 0.15) is 4.60 Å². The third kappa shape index (κ3) is 2.76. The Hall–Kier alpha value is -1.37. The number of esters is 1. The molecule has 2 atom stereocenters. The summed E-state index contributed by atoms with van der Waals surface area (Å²) in [6.45, 7) is 0. The maximum Gasteiger partial charge on any atom is 0.311 e. The lowest BCUT2D eigenvalue weighted by molar-refractivity contribution is -0.152. The molecule has 0 amide bonds. The number of rotatable bonds is 4. The number of anilines is 1. The van der Waals surface area contributed by atoms with Crippen LogP contribution < -0.4 is 10.9 Å². The first-order valence-corrected chi connectivity index (χ1v) is 9.51. The fourth-order valence-corrected chi connectivity index (χ4v) is 4.89. The van der Waals surface area contributed by atoms with Crippen molar-refractivity contribution in [2.45, 2.75) is 50.6 Å². The lowest BCUT2D eigenvalue weighted by Gasteiger charge is -2.47. The first-order chi connectivity index (χ1) is 11.6. The number of nitrogens with zero attached hydrogens (tertiary/aromatic N) is 2. The maximum atomic E-state index is 12.7. The van der Waals surface area contributed by atoms with Crippen molar-refractivity contribution >= 4 is 27.7 Å². The molecule has 2 bridgehead atoms. The van der Waals surface area contributed by atoms with Crippen molar-refractivity contribution in [3.8, 4) is 0 Å². The molecule has 1 N–H and O–H groups in total. The molecule has 1 heterocycles. The van der Waals surface area contributed by atoms with Gasteiger partial charge in [-0.05, 0) is 66.3 Å². The molecule has 7 heteroatoms. The van der Waals surface area contributed by atoms with Crippen LogP contribution in [0.25, 0.3) is 0 Å². The second-order valence-electron chi connectivity index (χ2n) is 7.25. The average molecular weight is 396 g/mol. The lowest BCUT2D eigenvalue weighted by atomic mass is 9.61. The molecule has 5 rings (SSSR count). The van der Waals surface area contributed by atoms with Crippen LogP contribution in [0.5, 0.6) is 0 Å². The summed E-state index contributed by atoms with van der Waals surface area (Å²) >= 11 is 3.40. The highest BCUT2D eigenvalue weighted by Gasteiger charge is 2.48. The Bertz CT molecular complexity index is 708. The molecular formula is C17H22BrN3O3. The van der Waals surface area contributed by atoms with Crippen molar-refractivity contribution in [2.75, 3.05) is 12.4 Å². The van der Waals surface area contributed by atoms with Crippen LogP contribution in [0.15, 0.2) is 15.6 Å². The Morgan fingerprint density at radius 2 is 1.92 bits per heavy atom. The van der Waals surface area contributed by atoms with Crippen molar-refractivity contribution in [3.05, 3.63) is 21.2 Å². The Labute approximate surface area is 149 Å². The van der Waals surface area contributed by atoms with Crippen LogP contribution in [-0.2, 0) is 9.53 Å². The summed E-state index contributed by atoms with van der Waals surface area (Å²) in [5, 5.41) is 3.33. The van der Waals surface area contributed by atoms with E-state index in [9.17, 15) is 9.59 Å². The number of hydrogen-bond donors (Lipinski definition) is 1. The molecule has 4 fully saturated rings. The van der Waals surface area contributed by atoms with Crippen LogP contribution >= 0.6 is 15.9 Å². The minimum atomic E-state index is -0.183. The molecule has 0 aromatic carbocycles. The highest BCUT2D eigenvalue weighted by Crippen LogP contribution is 2.46. The molecule has 0 unspecified atom stereocenters. The van der Waals surface area contributed by atoms with Crippen LogP contribution in [0, 0.1) is 17.8 Å². The molecular weight excluding hydrogens is 374 g/mol. The van der Waals surface area contributed by atoms with E-state index >= 15 is 0 Å². The number of ether oxygens (including phenoxy) is 1. The van der Waals surface area contributed by atoms with Crippen LogP contribution in [0.3, 0.4) is 0 Å². The monoisotopic (exact) mass is 395 g/mol. The average Bonchev–Trinajstić information content (AvgIpc) is 3.43. The molecule has 1 aromatic heterocycles. The van der Waals surface area contributed by atoms with Crippen molar-refractivity contribution < 1.29 is 9.53 Å². The number of hydrogen-bond acceptors (Lipinski definition) is 5. The summed E-state index contributed by atoms with van der Waals surface area (Å²) in [5.74, 6) is 0.741. The number of fused-ring (bicyclic) bond motifs is 3. The summed E-state index contributed by atoms with van der Waals surface area (Å²) in [6, 6.07) is 0.226. The number of halogens is 1. The second kappa shape index (κ2) is 6.17. The molecule has 6 nitrogen and oxygen atoms in total. The van der Waals surface area contributed by atoms with Crippen molar-refractivity contribution in [1.82, 2.24) is 9.55 Å². The number of aromatic nitrogens is 2. The third-order valence-electron chi connectivity index (χ3n) is 5.84. The van der Waals surface area contributed by atoms with Gasteiger partial charge in [0.2, 0.25) is 0 Å². The summed E-state index contributed by atoms with van der Waals surface area (Å²) in [4.78, 5) is 29.4. The highest BCUT2D eigenvalue weighted by molar-refractivity contribution is 9.10. The largest absolute Gasteiger partial charge is 0.469 e. The quantitative estimate of drug-likeness (QED) is 0.793. The maximum absolute atomic E-state index is 12.7. The van der Waals surface area contributed by atoms with Gasteiger partial charge in [0, 0.05) is 18.3 Å². The van der Waals surface area contributed by atoms with Crippen molar-refractivity contribution in [2.24, 2.45) is 17.8 Å². The van der Waals surface area contributed by atoms with Gasteiger partial charge in [0.25, 0.3) is 5.56 Å². The summed E-state index contributed by atoms with van der Waals surface area (Å²) < 4.78 is 7.45. The number of carbonyl (C=O) groups is 1. The van der Waals surface area contributed by atoms with Crippen LogP contribution in [-0.4, -0.2) is 28.7 Å². The smallest absolute Gasteiger partial charge is 0.311 e. The van der Waals surface area contributed by atoms with E-state index in [1.54, 1.807) is 10.8 Å². The van der Waals surface area contributed by atoms with E-state index in [1.807, 2.05) is 0 Å². The molecule has 24 heavy (non-hydrogen) atoms. The Balaban J connectivity index is 1.66. The predicted octanol–water partition coefficient (Wildman–Crippen LogP) is 2.73. The Morgan fingerprint density at radius 1 is 1.25 bits per heavy atom. The number of carbonyl (C=O) groups excluding carboxylic acids is 1. The minimum Gasteiger partial charge on any atom is -0.469 e. The normalized spacial score (nSPS) is 31.8. The fourth-order valence-electron chi connectivity index (χ4n) is 4.49. The third-order valence-corrected chi connectivity index (χ3v) is 6.22. The first kappa shape index (κ1) is 16.1. The molecule has 4 aliphatic carbocycles. The van der Waals surface area contributed by atoms with Crippen LogP contribution in [0.4, 0.5) is 5.82 Å². The van der Waals surface area contributed by atoms with E-state index in [-0.39, 0.29) is 29.5 Å². The molecule has 0 spiro atoms. The fraction of sp³-hybridized carbons (Fsp3) is 0.706. The molecule has 130 valence electrons. The van der Waals surface area contributed by atoms with Crippen LogP contribution in [0.1, 0.15) is 44.6 Å². The van der Waals surface area contributed by atoms with E-state index < -0.39 is 0 Å². The first-order valence-electron chi connectivity index (χ1n) is 8.71. The van der Waals surface area contributed by atoms with Crippen molar-refractivity contribution in [3.63, 3.8) is 0 Å². The van der Waals surface area contributed by atoms with E-state index in [0.29, 0.717) is 22.3 Å². The Morgan fingerprint density at radius 3 is 2.54 bits per heavy atom. The van der Waals surface area contributed by atoms with Gasteiger partial charge in [-0.2, -0.15) is 0 Å². The van der Waals surface area contributed by atoms with Gasteiger partial charge in [-0.1, -0.05) is 0 Å². The molecule has 1 aromatic rings. The Kier molecular flexibility index (Phi) is 4.14. The molecule has 4 saturated carbocycles. The molecule has 0 aliphatic heterocycles. The van der Waals surface area contributed by atoms with Crippen molar-refractivity contribution in [1.29, 1.82) is 0 Å². The van der Waals surface area contributed by atoms with Gasteiger partial charge in [-0.3, -0.25) is 9.59 Å². The van der Waals surface area contributed by atoms with Gasteiger partial charge in [-0.15, -0.1) is 0 Å². The lowest BCUT2D eigenvalue weighted by Crippen LogP contribution is -2.52. The predicted molar refractivity (Wildman–Crippen MR) is 92.8 cm³/mol. The molecule has 4 aliphatic rings. The highest BCUT2D eigenvalue weighted by atomic mass is 79.9. The van der Waals surface area contributed by atoms with E-state index in [4.69, 9.17) is 4.74 Å². The van der Waals surface area contributed by atoms with Crippen LogP contribution in [0.2, 0.25) is 0 Å². The summed E-state index contributed by atoms with van der Waals surface area (Å²) in [6.07, 6.45) is 8.17.